The minimum Gasteiger partial charge on any atom is -0.399 e. The number of nitrogens with zero attached hydrogens (tertiary/aromatic N) is 1. The molecule has 0 saturated carbocycles. The van der Waals surface area contributed by atoms with Crippen molar-refractivity contribution < 1.29 is 4.79 Å². The van der Waals surface area contributed by atoms with Gasteiger partial charge in [0.25, 0.3) is 5.91 Å². The Morgan fingerprint density at radius 3 is 2.43 bits per heavy atom. The van der Waals surface area contributed by atoms with Crippen molar-refractivity contribution in [3.8, 4) is 0 Å². The number of carbonyl (C=O) groups is 1. The van der Waals surface area contributed by atoms with E-state index in [1.807, 2.05) is 6.07 Å². The normalized spacial score (nSPS) is 10.7. The lowest BCUT2D eigenvalue weighted by Gasteiger charge is -2.04. The van der Waals surface area contributed by atoms with E-state index in [0.29, 0.717) is 27.8 Å². The Labute approximate surface area is 124 Å². The average molecular weight is 299 g/mol. The molecular weight excluding hydrogens is 286 g/mol. The fourth-order valence-corrected chi connectivity index (χ4v) is 2.82. The number of amides is 1. The van der Waals surface area contributed by atoms with Gasteiger partial charge in [-0.2, -0.15) is 0 Å². The summed E-state index contributed by atoms with van der Waals surface area (Å²) in [6, 6.07) is 10.2. The zero-order valence-corrected chi connectivity index (χ0v) is 11.8. The molecule has 0 aliphatic carbocycles. The largest absolute Gasteiger partial charge is 0.399 e. The molecule has 0 saturated heterocycles. The number of hydrogen-bond acceptors (Lipinski definition) is 6. The number of nitrogen functional groups attached to an aromatic ring is 3. The summed E-state index contributed by atoms with van der Waals surface area (Å²) in [5, 5.41) is 3.24. The standard InChI is InChI=1S/C14H13N5OS/c15-8-1-2-12-11(6-8)18-14(21-12)19-13(20)7-3-9(16)5-10(17)4-7/h1-6H,15-17H2,(H,18,19,20). The molecule has 3 rings (SSSR count). The molecule has 0 atom stereocenters. The fourth-order valence-electron chi connectivity index (χ4n) is 1.97. The summed E-state index contributed by atoms with van der Waals surface area (Å²) in [6.45, 7) is 0. The Bertz CT molecular complexity index is 822. The number of nitrogens with one attached hydrogen (secondary N) is 1. The van der Waals surface area contributed by atoms with E-state index in [1.165, 1.54) is 11.3 Å². The molecule has 1 aromatic heterocycles. The van der Waals surface area contributed by atoms with Gasteiger partial charge < -0.3 is 17.2 Å². The number of anilines is 4. The highest BCUT2D eigenvalue weighted by Crippen LogP contribution is 2.27. The Morgan fingerprint density at radius 1 is 1.00 bits per heavy atom. The molecule has 0 radical (unpaired) electrons. The van der Waals surface area contributed by atoms with Crippen LogP contribution in [0.1, 0.15) is 10.4 Å². The van der Waals surface area contributed by atoms with Crippen molar-refractivity contribution in [1.29, 1.82) is 0 Å². The predicted molar refractivity (Wildman–Crippen MR) is 87.3 cm³/mol. The molecule has 0 spiro atoms. The van der Waals surface area contributed by atoms with Crippen LogP contribution in [0.3, 0.4) is 0 Å². The Kier molecular flexibility index (Phi) is 3.11. The van der Waals surface area contributed by atoms with E-state index in [9.17, 15) is 4.79 Å². The Morgan fingerprint density at radius 2 is 1.71 bits per heavy atom. The number of nitrogens with two attached hydrogens (primary N) is 3. The number of fused-ring (bicyclic) bond motifs is 1. The number of benzene rings is 2. The first-order valence-electron chi connectivity index (χ1n) is 6.15. The van der Waals surface area contributed by atoms with Crippen molar-refractivity contribution in [2.45, 2.75) is 0 Å². The van der Waals surface area contributed by atoms with E-state index < -0.39 is 0 Å². The van der Waals surface area contributed by atoms with Crippen LogP contribution in [0.5, 0.6) is 0 Å². The molecule has 0 aliphatic heterocycles. The number of hydrogen-bond donors (Lipinski definition) is 4. The summed E-state index contributed by atoms with van der Waals surface area (Å²) in [4.78, 5) is 16.5. The maximum atomic E-state index is 12.2. The van der Waals surface area contributed by atoms with Gasteiger partial charge in [-0.25, -0.2) is 4.98 Å². The van der Waals surface area contributed by atoms with Crippen molar-refractivity contribution in [2.24, 2.45) is 0 Å². The van der Waals surface area contributed by atoms with Gasteiger partial charge in [0.1, 0.15) is 0 Å². The van der Waals surface area contributed by atoms with Crippen molar-refractivity contribution in [3.63, 3.8) is 0 Å². The van der Waals surface area contributed by atoms with Gasteiger partial charge in [-0.05, 0) is 36.4 Å². The third-order valence-corrected chi connectivity index (χ3v) is 3.82. The average Bonchev–Trinajstić information content (AvgIpc) is 2.78. The molecule has 1 heterocycles. The molecule has 106 valence electrons. The van der Waals surface area contributed by atoms with Gasteiger partial charge in [0, 0.05) is 22.6 Å². The Hall–Kier alpha value is -2.80. The van der Waals surface area contributed by atoms with Crippen molar-refractivity contribution in [2.75, 3.05) is 22.5 Å². The lowest BCUT2D eigenvalue weighted by molar-refractivity contribution is 0.102. The lowest BCUT2D eigenvalue weighted by atomic mass is 10.1. The van der Waals surface area contributed by atoms with Gasteiger partial charge in [0.05, 0.1) is 10.2 Å². The first-order valence-corrected chi connectivity index (χ1v) is 6.96. The molecule has 6 nitrogen and oxygen atoms in total. The van der Waals surface area contributed by atoms with Crippen LogP contribution in [-0.4, -0.2) is 10.9 Å². The summed E-state index contributed by atoms with van der Waals surface area (Å²) in [5.41, 5.74) is 19.7. The topological polar surface area (TPSA) is 120 Å². The van der Waals surface area contributed by atoms with Crippen molar-refractivity contribution in [1.82, 2.24) is 4.98 Å². The summed E-state index contributed by atoms with van der Waals surface area (Å²) in [7, 11) is 0. The van der Waals surface area contributed by atoms with Crippen LogP contribution in [-0.2, 0) is 0 Å². The van der Waals surface area contributed by atoms with Crippen molar-refractivity contribution in [3.05, 3.63) is 42.0 Å². The third-order valence-electron chi connectivity index (χ3n) is 2.87. The van der Waals surface area contributed by atoms with Crippen molar-refractivity contribution >= 4 is 49.7 Å². The van der Waals surface area contributed by atoms with Crippen LogP contribution in [0.25, 0.3) is 10.2 Å². The van der Waals surface area contributed by atoms with Crippen LogP contribution in [0.2, 0.25) is 0 Å². The molecule has 7 heteroatoms. The van der Waals surface area contributed by atoms with E-state index in [0.717, 1.165) is 10.2 Å². The molecule has 3 aromatic rings. The van der Waals surface area contributed by atoms with Crippen LogP contribution < -0.4 is 22.5 Å². The summed E-state index contributed by atoms with van der Waals surface area (Å²) in [5.74, 6) is -0.305. The maximum absolute atomic E-state index is 12.2. The van der Waals surface area contributed by atoms with Crippen LogP contribution >= 0.6 is 11.3 Å². The minimum atomic E-state index is -0.305. The highest BCUT2D eigenvalue weighted by Gasteiger charge is 2.11. The number of rotatable bonds is 2. The summed E-state index contributed by atoms with van der Waals surface area (Å²) < 4.78 is 0.951. The van der Waals surface area contributed by atoms with Gasteiger partial charge in [-0.15, -0.1) is 0 Å². The van der Waals surface area contributed by atoms with Gasteiger partial charge in [0.15, 0.2) is 5.13 Å². The van der Waals surface area contributed by atoms with Gasteiger partial charge in [-0.3, -0.25) is 10.1 Å². The molecule has 7 N–H and O–H groups in total. The zero-order valence-electron chi connectivity index (χ0n) is 11.0. The lowest BCUT2D eigenvalue weighted by Crippen LogP contribution is -2.12. The second-order valence-corrected chi connectivity index (χ2v) is 5.62. The van der Waals surface area contributed by atoms with Crippen LogP contribution in [0.15, 0.2) is 36.4 Å². The van der Waals surface area contributed by atoms with Crippen LogP contribution in [0, 0.1) is 0 Å². The zero-order chi connectivity index (χ0) is 15.0. The van der Waals surface area contributed by atoms with E-state index in [4.69, 9.17) is 17.2 Å². The van der Waals surface area contributed by atoms with Crippen LogP contribution in [0.4, 0.5) is 22.2 Å². The molecular formula is C14H13N5OS. The number of thiazole rings is 1. The summed E-state index contributed by atoms with van der Waals surface area (Å²) in [6.07, 6.45) is 0. The molecule has 0 aliphatic rings. The smallest absolute Gasteiger partial charge is 0.257 e. The second kappa shape index (κ2) is 4.95. The summed E-state index contributed by atoms with van der Waals surface area (Å²) >= 11 is 1.38. The van der Waals surface area contributed by atoms with E-state index in [1.54, 1.807) is 30.3 Å². The molecule has 21 heavy (non-hydrogen) atoms. The fraction of sp³-hybridized carbons (Fsp3) is 0. The number of aromatic nitrogens is 1. The van der Waals surface area contributed by atoms with Gasteiger partial charge in [0.2, 0.25) is 0 Å². The van der Waals surface area contributed by atoms with E-state index in [2.05, 4.69) is 10.3 Å². The monoisotopic (exact) mass is 299 g/mol. The minimum absolute atomic E-state index is 0.305. The van der Waals surface area contributed by atoms with Gasteiger partial charge >= 0.3 is 0 Å². The highest BCUT2D eigenvalue weighted by atomic mass is 32.1. The maximum Gasteiger partial charge on any atom is 0.257 e. The molecule has 0 fully saturated rings. The molecule has 0 unspecified atom stereocenters. The quantitative estimate of drug-likeness (QED) is 0.541. The Balaban J connectivity index is 1.88. The first kappa shape index (κ1) is 13.2. The third kappa shape index (κ3) is 2.72. The van der Waals surface area contributed by atoms with Gasteiger partial charge in [-0.1, -0.05) is 11.3 Å². The highest BCUT2D eigenvalue weighted by molar-refractivity contribution is 7.22. The molecule has 0 bridgehead atoms. The molecule has 1 amide bonds. The second-order valence-electron chi connectivity index (χ2n) is 4.59. The SMILES string of the molecule is Nc1cc(N)cc(C(=O)Nc2nc3cc(N)ccc3s2)c1. The predicted octanol–water partition coefficient (Wildman–Crippen LogP) is 2.30. The molecule has 2 aromatic carbocycles. The number of carbonyl (C=O) groups excluding carboxylic acids is 1. The first-order chi connectivity index (χ1) is 10.0. The van der Waals surface area contributed by atoms with E-state index >= 15 is 0 Å². The van der Waals surface area contributed by atoms with E-state index in [-0.39, 0.29) is 5.91 Å².